The van der Waals surface area contributed by atoms with E-state index in [1.165, 1.54) is 11.4 Å². The van der Waals surface area contributed by atoms with Gasteiger partial charge in [0.1, 0.15) is 11.5 Å². The fourth-order valence-electron chi connectivity index (χ4n) is 4.67. The topological polar surface area (TPSA) is 67.8 Å². The second-order valence-electron chi connectivity index (χ2n) is 7.97. The highest BCUT2D eigenvalue weighted by molar-refractivity contribution is 5.91. The van der Waals surface area contributed by atoms with Crippen molar-refractivity contribution in [1.29, 1.82) is 0 Å². The van der Waals surface area contributed by atoms with Crippen LogP contribution in [-0.2, 0) is 5.54 Å². The number of likely N-dealkylation sites (tertiary alicyclic amines) is 1. The number of piperidine rings is 1. The summed E-state index contributed by atoms with van der Waals surface area (Å²) in [4.78, 5) is 14.9. The summed E-state index contributed by atoms with van der Waals surface area (Å²) in [6, 6.07) is 17.9. The van der Waals surface area contributed by atoms with E-state index < -0.39 is 0 Å². The molecule has 2 aliphatic rings. The van der Waals surface area contributed by atoms with E-state index in [2.05, 4.69) is 57.8 Å². The number of ether oxygens (including phenoxy) is 2. The first-order valence-corrected chi connectivity index (χ1v) is 10.5. The quantitative estimate of drug-likeness (QED) is 0.660. The summed E-state index contributed by atoms with van der Waals surface area (Å²) in [5, 5.41) is 6.76. The fourth-order valence-corrected chi connectivity index (χ4v) is 4.67. The van der Waals surface area contributed by atoms with E-state index >= 15 is 0 Å². The standard InChI is InChI=1S/C24H26N4O3/c1-30-17-9-10-21(31-2)19(16-17)25-23(29)27-14-11-24(12-15-27)22-8-5-13-28(22)20-7-4-3-6-18(20)26-24/h3-10,13,16,26H,11-12,14-15H2,1-2H3,(H,25,29). The van der Waals surface area contributed by atoms with E-state index in [1.54, 1.807) is 32.4 Å². The van der Waals surface area contributed by atoms with Gasteiger partial charge in [0.15, 0.2) is 0 Å². The second-order valence-corrected chi connectivity index (χ2v) is 7.97. The molecule has 3 heterocycles. The molecule has 0 unspecified atom stereocenters. The van der Waals surface area contributed by atoms with Gasteiger partial charge >= 0.3 is 6.03 Å². The van der Waals surface area contributed by atoms with Crippen molar-refractivity contribution >= 4 is 17.4 Å². The van der Waals surface area contributed by atoms with Crippen LogP contribution in [0.4, 0.5) is 16.2 Å². The molecule has 2 aromatic carbocycles. The molecule has 5 rings (SSSR count). The zero-order valence-electron chi connectivity index (χ0n) is 17.7. The molecule has 3 aromatic rings. The number of hydrogen-bond donors (Lipinski definition) is 2. The van der Waals surface area contributed by atoms with Gasteiger partial charge in [0.25, 0.3) is 0 Å². The van der Waals surface area contributed by atoms with Crippen LogP contribution in [0, 0.1) is 0 Å². The van der Waals surface area contributed by atoms with Gasteiger partial charge in [0, 0.05) is 31.0 Å². The van der Waals surface area contributed by atoms with Crippen LogP contribution >= 0.6 is 0 Å². The van der Waals surface area contributed by atoms with Crippen LogP contribution in [0.2, 0.25) is 0 Å². The molecule has 31 heavy (non-hydrogen) atoms. The number of nitrogens with one attached hydrogen (secondary N) is 2. The Kier molecular flexibility index (Phi) is 4.73. The Labute approximate surface area is 181 Å². The Morgan fingerprint density at radius 3 is 2.61 bits per heavy atom. The molecule has 0 atom stereocenters. The number of nitrogens with zero attached hydrogens (tertiary/aromatic N) is 2. The minimum absolute atomic E-state index is 0.131. The molecule has 0 radical (unpaired) electrons. The normalized spacial score (nSPS) is 16.1. The van der Waals surface area contributed by atoms with Gasteiger partial charge in [-0.05, 0) is 49.2 Å². The molecule has 2 aliphatic heterocycles. The number of para-hydroxylation sites is 2. The number of amides is 2. The van der Waals surface area contributed by atoms with E-state index in [0.717, 1.165) is 18.5 Å². The highest BCUT2D eigenvalue weighted by Crippen LogP contribution is 2.43. The Balaban J connectivity index is 1.33. The molecule has 1 aromatic heterocycles. The zero-order valence-corrected chi connectivity index (χ0v) is 17.7. The minimum atomic E-state index is -0.178. The van der Waals surface area contributed by atoms with E-state index in [0.29, 0.717) is 30.3 Å². The maximum Gasteiger partial charge on any atom is 0.321 e. The summed E-state index contributed by atoms with van der Waals surface area (Å²) < 4.78 is 12.9. The molecule has 7 heteroatoms. The van der Waals surface area contributed by atoms with Crippen LogP contribution < -0.4 is 20.1 Å². The molecule has 0 bridgehead atoms. The molecule has 2 amide bonds. The number of fused-ring (bicyclic) bond motifs is 4. The Morgan fingerprint density at radius 2 is 1.84 bits per heavy atom. The lowest BCUT2D eigenvalue weighted by Gasteiger charge is -2.46. The lowest BCUT2D eigenvalue weighted by Crippen LogP contribution is -2.51. The number of hydrogen-bond acceptors (Lipinski definition) is 4. The molecule has 7 nitrogen and oxygen atoms in total. The van der Waals surface area contributed by atoms with Crippen molar-refractivity contribution in [2.45, 2.75) is 18.4 Å². The van der Waals surface area contributed by atoms with E-state index in [4.69, 9.17) is 9.47 Å². The van der Waals surface area contributed by atoms with Crippen molar-refractivity contribution in [3.05, 3.63) is 66.5 Å². The minimum Gasteiger partial charge on any atom is -0.497 e. The van der Waals surface area contributed by atoms with Crippen molar-refractivity contribution in [1.82, 2.24) is 9.47 Å². The van der Waals surface area contributed by atoms with Gasteiger partial charge < -0.3 is 29.6 Å². The number of carbonyl (C=O) groups excluding carboxylic acids is 1. The summed E-state index contributed by atoms with van der Waals surface area (Å²) in [5.74, 6) is 1.27. The monoisotopic (exact) mass is 418 g/mol. The molecule has 1 spiro atoms. The lowest BCUT2D eigenvalue weighted by molar-refractivity contribution is 0.174. The number of urea groups is 1. The van der Waals surface area contributed by atoms with Crippen LogP contribution in [0.3, 0.4) is 0 Å². The molecule has 160 valence electrons. The van der Waals surface area contributed by atoms with Crippen LogP contribution in [-0.4, -0.2) is 42.8 Å². The molecular weight excluding hydrogens is 392 g/mol. The van der Waals surface area contributed by atoms with Crippen LogP contribution in [0.5, 0.6) is 11.5 Å². The van der Waals surface area contributed by atoms with Crippen molar-refractivity contribution in [2.24, 2.45) is 0 Å². The number of aromatic nitrogens is 1. The third-order valence-electron chi connectivity index (χ3n) is 6.33. The molecule has 1 saturated heterocycles. The van der Waals surface area contributed by atoms with Gasteiger partial charge in [0.05, 0.1) is 36.8 Å². The smallest absolute Gasteiger partial charge is 0.321 e. The molecule has 0 aliphatic carbocycles. The SMILES string of the molecule is COc1ccc(OC)c(NC(=O)N2CCC3(CC2)Nc2ccccc2-n2cccc23)c1. The van der Waals surface area contributed by atoms with E-state index in [-0.39, 0.29) is 11.6 Å². The average Bonchev–Trinajstić information content (AvgIpc) is 3.31. The Morgan fingerprint density at radius 1 is 1.03 bits per heavy atom. The average molecular weight is 418 g/mol. The Bertz CT molecular complexity index is 1120. The third kappa shape index (κ3) is 3.26. The predicted molar refractivity (Wildman–Crippen MR) is 120 cm³/mol. The highest BCUT2D eigenvalue weighted by Gasteiger charge is 2.42. The van der Waals surface area contributed by atoms with Gasteiger partial charge in [-0.3, -0.25) is 0 Å². The number of carbonyl (C=O) groups is 1. The summed E-state index contributed by atoms with van der Waals surface area (Å²) in [7, 11) is 3.19. The third-order valence-corrected chi connectivity index (χ3v) is 6.33. The first kappa shape index (κ1) is 19.4. The van der Waals surface area contributed by atoms with Crippen LogP contribution in [0.25, 0.3) is 5.69 Å². The number of methoxy groups -OCH3 is 2. The number of anilines is 2. The zero-order chi connectivity index (χ0) is 21.4. The first-order valence-electron chi connectivity index (χ1n) is 10.5. The highest BCUT2D eigenvalue weighted by atomic mass is 16.5. The van der Waals surface area contributed by atoms with Gasteiger partial charge in [-0.15, -0.1) is 0 Å². The van der Waals surface area contributed by atoms with E-state index in [9.17, 15) is 4.79 Å². The van der Waals surface area contributed by atoms with Gasteiger partial charge in [-0.2, -0.15) is 0 Å². The summed E-state index contributed by atoms with van der Waals surface area (Å²) in [5.41, 5.74) is 3.97. The molecule has 0 saturated carbocycles. The lowest BCUT2D eigenvalue weighted by atomic mass is 9.82. The van der Waals surface area contributed by atoms with Crippen molar-refractivity contribution in [2.75, 3.05) is 37.9 Å². The Hall–Kier alpha value is -3.61. The molecule has 2 N–H and O–H groups in total. The van der Waals surface area contributed by atoms with Crippen molar-refractivity contribution in [3.8, 4) is 17.2 Å². The van der Waals surface area contributed by atoms with Gasteiger partial charge in [-0.1, -0.05) is 12.1 Å². The second kappa shape index (κ2) is 7.58. The molecule has 1 fully saturated rings. The van der Waals surface area contributed by atoms with E-state index in [1.807, 2.05) is 4.90 Å². The first-order chi connectivity index (χ1) is 15.1. The van der Waals surface area contributed by atoms with Crippen molar-refractivity contribution < 1.29 is 14.3 Å². The number of rotatable bonds is 3. The molecular formula is C24H26N4O3. The maximum atomic E-state index is 13.0. The van der Waals surface area contributed by atoms with Gasteiger partial charge in [0.2, 0.25) is 0 Å². The van der Waals surface area contributed by atoms with Gasteiger partial charge in [-0.25, -0.2) is 4.79 Å². The van der Waals surface area contributed by atoms with Crippen LogP contribution in [0.1, 0.15) is 18.5 Å². The van der Waals surface area contributed by atoms with Crippen LogP contribution in [0.15, 0.2) is 60.8 Å². The maximum absolute atomic E-state index is 13.0. The predicted octanol–water partition coefficient (Wildman–Crippen LogP) is 4.44. The summed E-state index contributed by atoms with van der Waals surface area (Å²) in [6.45, 7) is 1.30. The fraction of sp³-hybridized carbons (Fsp3) is 0.292. The van der Waals surface area contributed by atoms with Crippen molar-refractivity contribution in [3.63, 3.8) is 0 Å². The number of benzene rings is 2. The largest absolute Gasteiger partial charge is 0.497 e. The summed E-state index contributed by atoms with van der Waals surface area (Å²) >= 11 is 0. The summed E-state index contributed by atoms with van der Waals surface area (Å²) in [6.07, 6.45) is 3.77.